The summed E-state index contributed by atoms with van der Waals surface area (Å²) in [6, 6.07) is 0. The summed E-state index contributed by atoms with van der Waals surface area (Å²) in [5.74, 6) is 0.580. The Morgan fingerprint density at radius 3 is 2.25 bits per heavy atom. The second-order valence-electron chi connectivity index (χ2n) is 9.12. The van der Waals surface area contributed by atoms with Crippen molar-refractivity contribution in [3.8, 4) is 0 Å². The summed E-state index contributed by atoms with van der Waals surface area (Å²) in [5, 5.41) is 3.11. The molecule has 3 rings (SSSR count). The van der Waals surface area contributed by atoms with Crippen molar-refractivity contribution in [2.24, 2.45) is 5.92 Å². The monoisotopic (exact) mass is 394 g/mol. The predicted octanol–water partition coefficient (Wildman–Crippen LogP) is 0.938. The van der Waals surface area contributed by atoms with Gasteiger partial charge in [0.15, 0.2) is 0 Å². The van der Waals surface area contributed by atoms with E-state index in [9.17, 15) is 9.59 Å². The highest BCUT2D eigenvalue weighted by Gasteiger charge is 2.31. The zero-order chi connectivity index (χ0) is 20.0. The van der Waals surface area contributed by atoms with Gasteiger partial charge in [0.1, 0.15) is 0 Å². The summed E-state index contributed by atoms with van der Waals surface area (Å²) in [5.41, 5.74) is -0.0622. The van der Waals surface area contributed by atoms with E-state index in [0.717, 1.165) is 78.2 Å². The van der Waals surface area contributed by atoms with Gasteiger partial charge >= 0.3 is 0 Å². The van der Waals surface area contributed by atoms with Crippen molar-refractivity contribution in [2.45, 2.75) is 51.5 Å². The Kier molecular flexibility index (Phi) is 7.71. The number of piperidine rings is 2. The quantitative estimate of drug-likeness (QED) is 0.726. The van der Waals surface area contributed by atoms with Crippen LogP contribution in [0.15, 0.2) is 0 Å². The average Bonchev–Trinajstić information content (AvgIpc) is 2.74. The first-order valence-electron chi connectivity index (χ1n) is 11.1. The molecule has 3 saturated heterocycles. The maximum Gasteiger partial charge on any atom is 0.234 e. The number of carbonyl (C=O) groups is 2. The predicted molar refractivity (Wildman–Crippen MR) is 109 cm³/mol. The molecule has 0 aromatic rings. The number of nitrogens with one attached hydrogen (secondary N) is 1. The van der Waals surface area contributed by atoms with Gasteiger partial charge in [0.05, 0.1) is 19.8 Å². The van der Waals surface area contributed by atoms with E-state index in [1.165, 1.54) is 6.42 Å². The first-order chi connectivity index (χ1) is 13.5. The lowest BCUT2D eigenvalue weighted by atomic mass is 9.94. The van der Waals surface area contributed by atoms with Gasteiger partial charge in [-0.1, -0.05) is 0 Å². The molecule has 0 radical (unpaired) electrons. The van der Waals surface area contributed by atoms with Gasteiger partial charge in [-0.05, 0) is 59.0 Å². The fourth-order valence-electron chi connectivity index (χ4n) is 4.56. The molecule has 0 spiro atoms. The molecule has 7 heteroatoms. The van der Waals surface area contributed by atoms with Crippen LogP contribution in [0.1, 0.15) is 46.0 Å². The molecule has 0 atom stereocenters. The number of ether oxygens (including phenoxy) is 1. The standard InChI is InChI=1S/C21H38N4O3/c1-21(2,25-12-14-28-15-13-25)17-22-19(26)16-23-10-6-18(7-11-23)20(27)24-8-4-3-5-9-24/h18H,3-17H2,1-2H3,(H,22,26). The Balaban J connectivity index is 1.36. The van der Waals surface area contributed by atoms with E-state index in [0.29, 0.717) is 19.0 Å². The highest BCUT2D eigenvalue weighted by atomic mass is 16.5. The molecule has 0 unspecified atom stereocenters. The number of hydrogen-bond acceptors (Lipinski definition) is 5. The molecular formula is C21H38N4O3. The van der Waals surface area contributed by atoms with E-state index in [1.54, 1.807) is 0 Å². The number of carbonyl (C=O) groups excluding carboxylic acids is 2. The van der Waals surface area contributed by atoms with Crippen LogP contribution in [-0.4, -0.2) is 97.6 Å². The maximum absolute atomic E-state index is 12.7. The molecule has 0 bridgehead atoms. The minimum atomic E-state index is -0.0622. The second kappa shape index (κ2) is 10.0. The van der Waals surface area contributed by atoms with E-state index >= 15 is 0 Å². The SMILES string of the molecule is CC(C)(CNC(=O)CN1CCC(C(=O)N2CCCCC2)CC1)N1CCOCC1. The third-order valence-corrected chi connectivity index (χ3v) is 6.56. The molecule has 2 amide bonds. The first kappa shape index (κ1) is 21.5. The number of hydrogen-bond donors (Lipinski definition) is 1. The molecule has 0 aromatic carbocycles. The molecule has 0 aromatic heterocycles. The third kappa shape index (κ3) is 5.91. The Morgan fingerprint density at radius 2 is 1.61 bits per heavy atom. The van der Waals surface area contributed by atoms with Gasteiger partial charge in [0.25, 0.3) is 0 Å². The van der Waals surface area contributed by atoms with E-state index in [2.05, 4.69) is 33.9 Å². The van der Waals surface area contributed by atoms with Crippen molar-refractivity contribution < 1.29 is 14.3 Å². The van der Waals surface area contributed by atoms with Crippen molar-refractivity contribution >= 4 is 11.8 Å². The molecule has 7 nitrogen and oxygen atoms in total. The van der Waals surface area contributed by atoms with Crippen molar-refractivity contribution in [2.75, 3.05) is 65.6 Å². The molecule has 1 N–H and O–H groups in total. The highest BCUT2D eigenvalue weighted by molar-refractivity contribution is 5.79. The summed E-state index contributed by atoms with van der Waals surface area (Å²) < 4.78 is 5.42. The van der Waals surface area contributed by atoms with E-state index in [4.69, 9.17) is 4.74 Å². The Morgan fingerprint density at radius 1 is 0.964 bits per heavy atom. The number of morpholine rings is 1. The first-order valence-corrected chi connectivity index (χ1v) is 11.1. The smallest absolute Gasteiger partial charge is 0.234 e. The van der Waals surface area contributed by atoms with Gasteiger partial charge in [-0.25, -0.2) is 0 Å². The van der Waals surface area contributed by atoms with Crippen molar-refractivity contribution in [1.82, 2.24) is 20.0 Å². The molecule has 3 heterocycles. The van der Waals surface area contributed by atoms with Crippen LogP contribution in [0.25, 0.3) is 0 Å². The lowest BCUT2D eigenvalue weighted by Gasteiger charge is -2.41. The van der Waals surface area contributed by atoms with Crippen molar-refractivity contribution in [1.29, 1.82) is 0 Å². The van der Waals surface area contributed by atoms with Crippen LogP contribution in [0.5, 0.6) is 0 Å². The fraction of sp³-hybridized carbons (Fsp3) is 0.905. The molecule has 0 aliphatic carbocycles. The Labute approximate surface area is 169 Å². The second-order valence-corrected chi connectivity index (χ2v) is 9.12. The van der Waals surface area contributed by atoms with Crippen LogP contribution >= 0.6 is 0 Å². The van der Waals surface area contributed by atoms with E-state index in [-0.39, 0.29) is 17.4 Å². The lowest BCUT2D eigenvalue weighted by molar-refractivity contribution is -0.138. The molecular weight excluding hydrogens is 356 g/mol. The Bertz CT molecular complexity index is 520. The topological polar surface area (TPSA) is 65.1 Å². The summed E-state index contributed by atoms with van der Waals surface area (Å²) in [6.07, 6.45) is 5.29. The number of likely N-dealkylation sites (tertiary alicyclic amines) is 2. The summed E-state index contributed by atoms with van der Waals surface area (Å²) in [6.45, 7) is 12.3. The van der Waals surface area contributed by atoms with Crippen LogP contribution in [0, 0.1) is 5.92 Å². The van der Waals surface area contributed by atoms with Crippen LogP contribution in [0.2, 0.25) is 0 Å². The zero-order valence-corrected chi connectivity index (χ0v) is 17.8. The van der Waals surface area contributed by atoms with Crippen molar-refractivity contribution in [3.05, 3.63) is 0 Å². The van der Waals surface area contributed by atoms with Gasteiger partial charge < -0.3 is 15.0 Å². The summed E-state index contributed by atoms with van der Waals surface area (Å²) in [7, 11) is 0. The lowest BCUT2D eigenvalue weighted by Crippen LogP contribution is -2.56. The molecule has 3 aliphatic rings. The van der Waals surface area contributed by atoms with Crippen LogP contribution in [-0.2, 0) is 14.3 Å². The highest BCUT2D eigenvalue weighted by Crippen LogP contribution is 2.22. The van der Waals surface area contributed by atoms with Gasteiger partial charge in [-0.15, -0.1) is 0 Å². The fourth-order valence-corrected chi connectivity index (χ4v) is 4.56. The average molecular weight is 395 g/mol. The molecule has 3 fully saturated rings. The van der Waals surface area contributed by atoms with Gasteiger partial charge in [0.2, 0.25) is 11.8 Å². The summed E-state index contributed by atoms with van der Waals surface area (Å²) >= 11 is 0. The van der Waals surface area contributed by atoms with Crippen LogP contribution in [0.4, 0.5) is 0 Å². The number of nitrogens with zero attached hydrogens (tertiary/aromatic N) is 3. The number of rotatable bonds is 6. The van der Waals surface area contributed by atoms with Gasteiger partial charge in [-0.3, -0.25) is 19.4 Å². The van der Waals surface area contributed by atoms with E-state index < -0.39 is 0 Å². The molecule has 3 aliphatic heterocycles. The molecule has 28 heavy (non-hydrogen) atoms. The van der Waals surface area contributed by atoms with Crippen LogP contribution < -0.4 is 5.32 Å². The zero-order valence-electron chi connectivity index (χ0n) is 17.8. The third-order valence-electron chi connectivity index (χ3n) is 6.56. The molecule has 160 valence electrons. The van der Waals surface area contributed by atoms with Gasteiger partial charge in [-0.2, -0.15) is 0 Å². The summed E-state index contributed by atoms with van der Waals surface area (Å²) in [4.78, 5) is 31.7. The van der Waals surface area contributed by atoms with Gasteiger partial charge in [0, 0.05) is 44.2 Å². The normalized spacial score (nSPS) is 23.6. The van der Waals surface area contributed by atoms with E-state index in [1.807, 2.05) is 0 Å². The molecule has 0 saturated carbocycles. The largest absolute Gasteiger partial charge is 0.379 e. The number of amides is 2. The van der Waals surface area contributed by atoms with Crippen LogP contribution in [0.3, 0.4) is 0 Å². The Hall–Kier alpha value is -1.18. The minimum Gasteiger partial charge on any atom is -0.379 e. The van der Waals surface area contributed by atoms with Crippen molar-refractivity contribution in [3.63, 3.8) is 0 Å². The maximum atomic E-state index is 12.7. The minimum absolute atomic E-state index is 0.0622.